The number of aliphatic hydroxyl groups excluding tert-OH is 1. The van der Waals surface area contributed by atoms with Crippen LogP contribution in [0.3, 0.4) is 0 Å². The van der Waals surface area contributed by atoms with Crippen LogP contribution in [0.1, 0.15) is 49.3 Å². The second-order valence-corrected chi connectivity index (χ2v) is 7.43. The number of aliphatic hydroxyl groups is 1. The SMILES string of the molecule is O=C(/C=C/c1ccccc1)N[C@@H](c1ccccc1)[C@@H](O)C(=O)NC1CCCCC1. The molecule has 1 fully saturated rings. The number of carbonyl (C=O) groups excluding carboxylic acids is 2. The third-order valence-corrected chi connectivity index (χ3v) is 5.22. The lowest BCUT2D eigenvalue weighted by Crippen LogP contribution is -2.48. The van der Waals surface area contributed by atoms with E-state index in [1.165, 1.54) is 12.5 Å². The fraction of sp³-hybridized carbons (Fsp3) is 0.333. The molecular weight excluding hydrogens is 364 g/mol. The van der Waals surface area contributed by atoms with E-state index in [0.29, 0.717) is 5.56 Å². The summed E-state index contributed by atoms with van der Waals surface area (Å²) >= 11 is 0. The van der Waals surface area contributed by atoms with Crippen LogP contribution in [-0.4, -0.2) is 29.1 Å². The Labute approximate surface area is 171 Å². The van der Waals surface area contributed by atoms with E-state index >= 15 is 0 Å². The van der Waals surface area contributed by atoms with Gasteiger partial charge in [0.1, 0.15) is 0 Å². The molecule has 1 saturated carbocycles. The van der Waals surface area contributed by atoms with E-state index in [1.807, 2.05) is 48.5 Å². The highest BCUT2D eigenvalue weighted by Crippen LogP contribution is 2.20. The number of nitrogens with one attached hydrogen (secondary N) is 2. The molecule has 5 nitrogen and oxygen atoms in total. The second-order valence-electron chi connectivity index (χ2n) is 7.43. The number of amides is 2. The van der Waals surface area contributed by atoms with Crippen molar-refractivity contribution in [2.24, 2.45) is 0 Å². The van der Waals surface area contributed by atoms with Crippen molar-refractivity contribution < 1.29 is 14.7 Å². The van der Waals surface area contributed by atoms with Gasteiger partial charge in [0.05, 0.1) is 6.04 Å². The molecule has 0 unspecified atom stereocenters. The molecule has 1 aliphatic carbocycles. The fourth-order valence-electron chi connectivity index (χ4n) is 3.63. The highest BCUT2D eigenvalue weighted by molar-refractivity contribution is 5.92. The zero-order valence-electron chi connectivity index (χ0n) is 16.5. The second kappa shape index (κ2) is 10.6. The molecule has 0 aromatic heterocycles. The Balaban J connectivity index is 1.69. The molecule has 5 heteroatoms. The summed E-state index contributed by atoms with van der Waals surface area (Å²) < 4.78 is 0. The standard InChI is InChI=1S/C24H28N2O3/c27-21(17-16-18-10-4-1-5-11-18)26-22(19-12-6-2-7-13-19)23(28)24(29)25-20-14-8-3-9-15-20/h1-2,4-7,10-13,16-17,20,22-23,28H,3,8-9,14-15H2,(H,25,29)(H,26,27)/b17-16+/t22-,23+/m0/s1. The molecule has 0 spiro atoms. The van der Waals surface area contributed by atoms with Gasteiger partial charge in [0, 0.05) is 12.1 Å². The molecular formula is C24H28N2O3. The minimum Gasteiger partial charge on any atom is -0.381 e. The van der Waals surface area contributed by atoms with Gasteiger partial charge in [0.15, 0.2) is 6.10 Å². The van der Waals surface area contributed by atoms with Crippen LogP contribution < -0.4 is 10.6 Å². The van der Waals surface area contributed by atoms with Crippen LogP contribution in [-0.2, 0) is 9.59 Å². The first-order valence-corrected chi connectivity index (χ1v) is 10.2. The van der Waals surface area contributed by atoms with Gasteiger partial charge in [0.2, 0.25) is 5.91 Å². The van der Waals surface area contributed by atoms with Gasteiger partial charge in [-0.2, -0.15) is 0 Å². The van der Waals surface area contributed by atoms with Crippen LogP contribution in [0.25, 0.3) is 6.08 Å². The number of benzene rings is 2. The zero-order chi connectivity index (χ0) is 20.5. The summed E-state index contributed by atoms with van der Waals surface area (Å²) in [7, 11) is 0. The zero-order valence-corrected chi connectivity index (χ0v) is 16.5. The topological polar surface area (TPSA) is 78.4 Å². The lowest BCUT2D eigenvalue weighted by atomic mass is 9.94. The molecule has 0 radical (unpaired) electrons. The minimum absolute atomic E-state index is 0.0935. The Morgan fingerprint density at radius 1 is 0.931 bits per heavy atom. The van der Waals surface area contributed by atoms with Crippen molar-refractivity contribution in [3.8, 4) is 0 Å². The van der Waals surface area contributed by atoms with Crippen molar-refractivity contribution in [1.82, 2.24) is 10.6 Å². The molecule has 0 aliphatic heterocycles. The van der Waals surface area contributed by atoms with Crippen molar-refractivity contribution in [3.63, 3.8) is 0 Å². The van der Waals surface area contributed by atoms with E-state index in [0.717, 1.165) is 31.2 Å². The van der Waals surface area contributed by atoms with Gasteiger partial charge in [-0.25, -0.2) is 0 Å². The number of hydrogen-bond acceptors (Lipinski definition) is 3. The Morgan fingerprint density at radius 2 is 1.55 bits per heavy atom. The summed E-state index contributed by atoms with van der Waals surface area (Å²) in [6.07, 6.45) is 6.97. The van der Waals surface area contributed by atoms with Crippen molar-refractivity contribution in [1.29, 1.82) is 0 Å². The van der Waals surface area contributed by atoms with Gasteiger partial charge < -0.3 is 15.7 Å². The molecule has 152 valence electrons. The van der Waals surface area contributed by atoms with Crippen LogP contribution in [0.4, 0.5) is 0 Å². The normalized spacial score (nSPS) is 16.9. The monoisotopic (exact) mass is 392 g/mol. The van der Waals surface area contributed by atoms with Crippen molar-refractivity contribution in [2.45, 2.75) is 50.3 Å². The minimum atomic E-state index is -1.37. The molecule has 0 saturated heterocycles. The molecule has 3 rings (SSSR count). The number of carbonyl (C=O) groups is 2. The average molecular weight is 392 g/mol. The van der Waals surface area contributed by atoms with E-state index in [-0.39, 0.29) is 11.9 Å². The first kappa shape index (κ1) is 20.8. The average Bonchev–Trinajstić information content (AvgIpc) is 2.77. The molecule has 2 aromatic rings. The Kier molecular flexibility index (Phi) is 7.59. The maximum Gasteiger partial charge on any atom is 0.251 e. The summed E-state index contributed by atoms with van der Waals surface area (Å²) in [6, 6.07) is 17.8. The predicted octanol–water partition coefficient (Wildman–Crippen LogP) is 3.37. The molecule has 2 amide bonds. The highest BCUT2D eigenvalue weighted by atomic mass is 16.3. The molecule has 0 heterocycles. The summed E-state index contributed by atoms with van der Waals surface area (Å²) in [6.45, 7) is 0. The smallest absolute Gasteiger partial charge is 0.251 e. The molecule has 2 atom stereocenters. The highest BCUT2D eigenvalue weighted by Gasteiger charge is 2.30. The molecule has 29 heavy (non-hydrogen) atoms. The maximum atomic E-state index is 12.7. The van der Waals surface area contributed by atoms with Crippen molar-refractivity contribution >= 4 is 17.9 Å². The van der Waals surface area contributed by atoms with Gasteiger partial charge in [-0.3, -0.25) is 9.59 Å². The summed E-state index contributed by atoms with van der Waals surface area (Å²) in [5.41, 5.74) is 1.58. The predicted molar refractivity (Wildman–Crippen MR) is 114 cm³/mol. The van der Waals surface area contributed by atoms with Crippen LogP contribution in [0.2, 0.25) is 0 Å². The maximum absolute atomic E-state index is 12.7. The van der Waals surface area contributed by atoms with Crippen molar-refractivity contribution in [2.75, 3.05) is 0 Å². The largest absolute Gasteiger partial charge is 0.381 e. The first-order chi connectivity index (χ1) is 14.1. The van der Waals surface area contributed by atoms with Crippen LogP contribution in [0.5, 0.6) is 0 Å². The molecule has 0 bridgehead atoms. The van der Waals surface area contributed by atoms with E-state index < -0.39 is 18.1 Å². The van der Waals surface area contributed by atoms with Gasteiger partial charge in [-0.1, -0.05) is 79.9 Å². The van der Waals surface area contributed by atoms with Crippen LogP contribution >= 0.6 is 0 Å². The third-order valence-electron chi connectivity index (χ3n) is 5.22. The number of rotatable bonds is 7. The van der Waals surface area contributed by atoms with E-state index in [1.54, 1.807) is 18.2 Å². The van der Waals surface area contributed by atoms with E-state index in [9.17, 15) is 14.7 Å². The van der Waals surface area contributed by atoms with Gasteiger partial charge >= 0.3 is 0 Å². The Morgan fingerprint density at radius 3 is 2.21 bits per heavy atom. The van der Waals surface area contributed by atoms with Crippen LogP contribution in [0.15, 0.2) is 66.7 Å². The summed E-state index contributed by atoms with van der Waals surface area (Å²) in [4.78, 5) is 25.1. The van der Waals surface area contributed by atoms with E-state index in [4.69, 9.17) is 0 Å². The Bertz CT molecular complexity index is 815. The molecule has 1 aliphatic rings. The fourth-order valence-corrected chi connectivity index (χ4v) is 3.63. The third kappa shape index (κ3) is 6.29. The molecule has 3 N–H and O–H groups in total. The van der Waals surface area contributed by atoms with Gasteiger partial charge in [0.25, 0.3) is 5.91 Å². The molecule has 2 aromatic carbocycles. The van der Waals surface area contributed by atoms with E-state index in [2.05, 4.69) is 10.6 Å². The Hall–Kier alpha value is -2.92. The van der Waals surface area contributed by atoms with Gasteiger partial charge in [-0.15, -0.1) is 0 Å². The lowest BCUT2D eigenvalue weighted by Gasteiger charge is -2.27. The van der Waals surface area contributed by atoms with Gasteiger partial charge in [-0.05, 0) is 30.0 Å². The number of hydrogen-bond donors (Lipinski definition) is 3. The summed E-state index contributed by atoms with van der Waals surface area (Å²) in [5.74, 6) is -0.815. The quantitative estimate of drug-likeness (QED) is 0.632. The van der Waals surface area contributed by atoms with Crippen molar-refractivity contribution in [3.05, 3.63) is 77.9 Å². The lowest BCUT2D eigenvalue weighted by molar-refractivity contribution is -0.132. The van der Waals surface area contributed by atoms with Crippen LogP contribution in [0, 0.1) is 0 Å². The first-order valence-electron chi connectivity index (χ1n) is 10.2. The summed E-state index contributed by atoms with van der Waals surface area (Å²) in [5, 5.41) is 16.5.